The maximum atomic E-state index is 12.9. The van der Waals surface area contributed by atoms with E-state index in [2.05, 4.69) is 16.0 Å². The third-order valence-electron chi connectivity index (χ3n) is 4.75. The van der Waals surface area contributed by atoms with E-state index in [0.29, 0.717) is 0 Å². The Balaban J connectivity index is 2.96. The Kier molecular flexibility index (Phi) is 11.6. The van der Waals surface area contributed by atoms with Crippen molar-refractivity contribution in [2.45, 2.75) is 57.7 Å². The zero-order valence-electron chi connectivity index (χ0n) is 18.9. The summed E-state index contributed by atoms with van der Waals surface area (Å²) in [5, 5.41) is 17.0. The van der Waals surface area contributed by atoms with Gasteiger partial charge < -0.3 is 32.5 Å². The first kappa shape index (κ1) is 27.6. The van der Waals surface area contributed by atoms with Gasteiger partial charge in [0.25, 0.3) is 0 Å². The minimum Gasteiger partial charge on any atom is -0.480 e. The van der Waals surface area contributed by atoms with Crippen LogP contribution < -0.4 is 27.4 Å². The van der Waals surface area contributed by atoms with E-state index >= 15 is 0 Å². The molecule has 3 unspecified atom stereocenters. The summed E-state index contributed by atoms with van der Waals surface area (Å²) in [5.41, 5.74) is 11.1. The Morgan fingerprint density at radius 3 is 2.00 bits per heavy atom. The third-order valence-corrected chi connectivity index (χ3v) is 4.75. The average molecular weight is 464 g/mol. The molecule has 0 spiro atoms. The second-order valence-corrected chi connectivity index (χ2v) is 8.11. The fourth-order valence-electron chi connectivity index (χ4n) is 3.11. The standard InChI is InChI=1S/C22H33N5O6/c1-13(2)10-16(26-20(30)15(8-9-18(24)28)25-19(29)12-23)21(31)27-17(22(32)33)11-14-6-4-3-5-7-14/h3-7,13,15-17H,8-12,23H2,1-2H3,(H2,24,28)(H,25,29)(H,26,30)(H,27,31)(H,32,33). The van der Waals surface area contributed by atoms with Crippen LogP contribution in [-0.2, 0) is 30.4 Å². The molecule has 0 aliphatic heterocycles. The Morgan fingerprint density at radius 1 is 0.909 bits per heavy atom. The van der Waals surface area contributed by atoms with Crippen molar-refractivity contribution in [3.8, 4) is 0 Å². The average Bonchev–Trinajstić information content (AvgIpc) is 2.75. The lowest BCUT2D eigenvalue weighted by Crippen LogP contribution is -2.56. The van der Waals surface area contributed by atoms with Crippen LogP contribution in [0.4, 0.5) is 0 Å². The van der Waals surface area contributed by atoms with E-state index in [0.717, 1.165) is 5.56 Å². The molecule has 1 aromatic rings. The number of carbonyl (C=O) groups excluding carboxylic acids is 4. The lowest BCUT2D eigenvalue weighted by molar-refractivity contribution is -0.142. The van der Waals surface area contributed by atoms with Gasteiger partial charge in [0, 0.05) is 12.8 Å². The number of rotatable bonds is 14. The number of carboxylic acids is 1. The van der Waals surface area contributed by atoms with Gasteiger partial charge in [0.2, 0.25) is 23.6 Å². The minimum absolute atomic E-state index is 0.0128. The van der Waals surface area contributed by atoms with E-state index in [1.54, 1.807) is 30.3 Å². The van der Waals surface area contributed by atoms with E-state index in [1.165, 1.54) is 0 Å². The molecule has 33 heavy (non-hydrogen) atoms. The summed E-state index contributed by atoms with van der Waals surface area (Å²) in [4.78, 5) is 60.2. The maximum absolute atomic E-state index is 12.9. The molecule has 182 valence electrons. The fourth-order valence-corrected chi connectivity index (χ4v) is 3.11. The van der Waals surface area contributed by atoms with Crippen molar-refractivity contribution in [1.29, 1.82) is 0 Å². The number of amides is 4. The van der Waals surface area contributed by atoms with Crippen molar-refractivity contribution in [3.05, 3.63) is 35.9 Å². The Hall–Kier alpha value is -3.47. The molecule has 0 radical (unpaired) electrons. The summed E-state index contributed by atoms with van der Waals surface area (Å²) in [6, 6.07) is 5.44. The van der Waals surface area contributed by atoms with Gasteiger partial charge in [-0.25, -0.2) is 4.79 Å². The molecule has 0 heterocycles. The van der Waals surface area contributed by atoms with Crippen molar-refractivity contribution in [2.75, 3.05) is 6.54 Å². The number of nitrogens with one attached hydrogen (secondary N) is 3. The Bertz CT molecular complexity index is 830. The van der Waals surface area contributed by atoms with Gasteiger partial charge in [-0.05, 0) is 24.3 Å². The molecule has 0 bridgehead atoms. The number of primary amides is 1. The molecule has 0 saturated carbocycles. The topological polar surface area (TPSA) is 194 Å². The molecule has 0 saturated heterocycles. The van der Waals surface area contributed by atoms with Crippen LogP contribution in [0.5, 0.6) is 0 Å². The number of hydrogen-bond acceptors (Lipinski definition) is 6. The third kappa shape index (κ3) is 10.6. The van der Waals surface area contributed by atoms with Gasteiger partial charge in [0.1, 0.15) is 18.1 Å². The largest absolute Gasteiger partial charge is 0.480 e. The Morgan fingerprint density at radius 2 is 1.48 bits per heavy atom. The fraction of sp³-hybridized carbons (Fsp3) is 0.500. The molecule has 4 amide bonds. The summed E-state index contributed by atoms with van der Waals surface area (Å²) in [7, 11) is 0. The van der Waals surface area contributed by atoms with Crippen LogP contribution in [0.15, 0.2) is 30.3 Å². The molecule has 8 N–H and O–H groups in total. The lowest BCUT2D eigenvalue weighted by Gasteiger charge is -2.25. The molecule has 1 aromatic carbocycles. The molecule has 0 aliphatic rings. The lowest BCUT2D eigenvalue weighted by atomic mass is 10.0. The predicted molar refractivity (Wildman–Crippen MR) is 121 cm³/mol. The molecule has 0 aliphatic carbocycles. The van der Waals surface area contributed by atoms with Gasteiger partial charge in [-0.3, -0.25) is 19.2 Å². The smallest absolute Gasteiger partial charge is 0.326 e. The highest BCUT2D eigenvalue weighted by molar-refractivity contribution is 5.93. The molecular formula is C22H33N5O6. The molecule has 0 fully saturated rings. The second-order valence-electron chi connectivity index (χ2n) is 8.11. The highest BCUT2D eigenvalue weighted by atomic mass is 16.4. The van der Waals surface area contributed by atoms with Crippen molar-refractivity contribution in [3.63, 3.8) is 0 Å². The number of aliphatic carboxylic acids is 1. The summed E-state index contributed by atoms with van der Waals surface area (Å²) in [6.07, 6.45) is 0.0531. The van der Waals surface area contributed by atoms with Crippen LogP contribution in [0.2, 0.25) is 0 Å². The second kappa shape index (κ2) is 13.8. The summed E-state index contributed by atoms with van der Waals surface area (Å²) in [5.74, 6) is -3.86. The van der Waals surface area contributed by atoms with Gasteiger partial charge in [-0.15, -0.1) is 0 Å². The summed E-state index contributed by atoms with van der Waals surface area (Å²) < 4.78 is 0. The first-order valence-corrected chi connectivity index (χ1v) is 10.7. The van der Waals surface area contributed by atoms with Crippen LogP contribution in [-0.4, -0.2) is 59.4 Å². The normalized spacial score (nSPS) is 13.5. The van der Waals surface area contributed by atoms with Gasteiger partial charge >= 0.3 is 5.97 Å². The number of carbonyl (C=O) groups is 5. The molecule has 3 atom stereocenters. The SMILES string of the molecule is CC(C)CC(NC(=O)C(CCC(N)=O)NC(=O)CN)C(=O)NC(Cc1ccccc1)C(=O)O. The van der Waals surface area contributed by atoms with Crippen LogP contribution >= 0.6 is 0 Å². The highest BCUT2D eigenvalue weighted by Crippen LogP contribution is 2.09. The molecule has 11 heteroatoms. The highest BCUT2D eigenvalue weighted by Gasteiger charge is 2.30. The quantitative estimate of drug-likeness (QED) is 0.204. The zero-order valence-corrected chi connectivity index (χ0v) is 18.9. The van der Waals surface area contributed by atoms with Gasteiger partial charge in [0.05, 0.1) is 6.54 Å². The summed E-state index contributed by atoms with van der Waals surface area (Å²) in [6.45, 7) is 3.31. The van der Waals surface area contributed by atoms with Gasteiger partial charge in [0.15, 0.2) is 0 Å². The van der Waals surface area contributed by atoms with E-state index in [4.69, 9.17) is 11.5 Å². The summed E-state index contributed by atoms with van der Waals surface area (Å²) >= 11 is 0. The number of carboxylic acid groups (broad SMARTS) is 1. The molecule has 0 aromatic heterocycles. The van der Waals surface area contributed by atoms with Gasteiger partial charge in [-0.1, -0.05) is 44.2 Å². The number of hydrogen-bond donors (Lipinski definition) is 6. The van der Waals surface area contributed by atoms with Crippen molar-refractivity contribution < 1.29 is 29.1 Å². The van der Waals surface area contributed by atoms with E-state index < -0.39 is 47.7 Å². The van der Waals surface area contributed by atoms with Crippen molar-refractivity contribution in [2.24, 2.45) is 17.4 Å². The zero-order chi connectivity index (χ0) is 25.0. The van der Waals surface area contributed by atoms with Crippen molar-refractivity contribution in [1.82, 2.24) is 16.0 Å². The van der Waals surface area contributed by atoms with E-state index in [9.17, 15) is 29.1 Å². The maximum Gasteiger partial charge on any atom is 0.326 e. The molecular weight excluding hydrogens is 430 g/mol. The van der Waals surface area contributed by atoms with E-state index in [-0.39, 0.29) is 38.1 Å². The van der Waals surface area contributed by atoms with Crippen LogP contribution in [0, 0.1) is 5.92 Å². The van der Waals surface area contributed by atoms with Crippen molar-refractivity contribution >= 4 is 29.6 Å². The first-order chi connectivity index (χ1) is 15.5. The number of nitrogens with two attached hydrogens (primary N) is 2. The van der Waals surface area contributed by atoms with Crippen LogP contribution in [0.25, 0.3) is 0 Å². The first-order valence-electron chi connectivity index (χ1n) is 10.7. The molecule has 11 nitrogen and oxygen atoms in total. The van der Waals surface area contributed by atoms with Gasteiger partial charge in [-0.2, -0.15) is 0 Å². The molecule has 1 rings (SSSR count). The minimum atomic E-state index is -1.21. The van der Waals surface area contributed by atoms with Crippen LogP contribution in [0.3, 0.4) is 0 Å². The Labute approximate surface area is 192 Å². The van der Waals surface area contributed by atoms with Crippen LogP contribution in [0.1, 0.15) is 38.7 Å². The predicted octanol–water partition coefficient (Wildman–Crippen LogP) is -0.962. The number of benzene rings is 1. The van der Waals surface area contributed by atoms with E-state index in [1.807, 2.05) is 13.8 Å². The monoisotopic (exact) mass is 463 g/mol.